The summed E-state index contributed by atoms with van der Waals surface area (Å²) in [5.74, 6) is 1.97. The van der Waals surface area contributed by atoms with Crippen LogP contribution in [0.1, 0.15) is 25.0 Å². The maximum Gasteiger partial charge on any atom is 0.191 e. The number of methoxy groups -OCH3 is 2. The fourth-order valence-corrected chi connectivity index (χ4v) is 1.87. The Kier molecular flexibility index (Phi) is 7.39. The summed E-state index contributed by atoms with van der Waals surface area (Å²) in [6, 6.07) is 5.35. The fourth-order valence-electron chi connectivity index (χ4n) is 1.87. The van der Waals surface area contributed by atoms with Crippen molar-refractivity contribution in [2.75, 3.05) is 34.4 Å². The van der Waals surface area contributed by atoms with Gasteiger partial charge in [0.25, 0.3) is 0 Å². The Bertz CT molecular complexity index is 463. The predicted octanol–water partition coefficient (Wildman–Crippen LogP) is 1.31. The number of nitrogens with zero attached hydrogens (tertiary/aromatic N) is 1. The second kappa shape index (κ2) is 9.07. The minimum atomic E-state index is -0.727. The first-order valence-corrected chi connectivity index (χ1v) is 7.00. The molecule has 6 heteroatoms. The maximum atomic E-state index is 10.3. The summed E-state index contributed by atoms with van der Waals surface area (Å²) < 4.78 is 10.5. The van der Waals surface area contributed by atoms with Crippen molar-refractivity contribution in [1.82, 2.24) is 10.6 Å². The molecule has 1 aromatic carbocycles. The van der Waals surface area contributed by atoms with E-state index in [0.717, 1.165) is 13.0 Å². The normalized spacial score (nSPS) is 12.7. The quantitative estimate of drug-likeness (QED) is 0.522. The average molecular weight is 295 g/mol. The number of aliphatic imine (C=N–C) groups is 1. The number of ether oxygens (including phenoxy) is 2. The van der Waals surface area contributed by atoms with Crippen molar-refractivity contribution < 1.29 is 14.6 Å². The summed E-state index contributed by atoms with van der Waals surface area (Å²) in [5.41, 5.74) is 0.676. The maximum absolute atomic E-state index is 10.3. The van der Waals surface area contributed by atoms with Crippen LogP contribution >= 0.6 is 0 Å². The molecule has 0 spiro atoms. The Morgan fingerprint density at radius 2 is 2.05 bits per heavy atom. The molecule has 0 heterocycles. The van der Waals surface area contributed by atoms with Gasteiger partial charge in [0.15, 0.2) is 5.96 Å². The van der Waals surface area contributed by atoms with Crippen molar-refractivity contribution in [2.24, 2.45) is 4.99 Å². The number of hydrogen-bond acceptors (Lipinski definition) is 4. The van der Waals surface area contributed by atoms with Crippen molar-refractivity contribution in [2.45, 2.75) is 19.4 Å². The predicted molar refractivity (Wildman–Crippen MR) is 84.2 cm³/mol. The van der Waals surface area contributed by atoms with Gasteiger partial charge in [-0.25, -0.2) is 0 Å². The molecule has 0 aliphatic rings. The molecule has 0 aromatic heterocycles. The highest BCUT2D eigenvalue weighted by Gasteiger charge is 2.15. The number of aliphatic hydroxyl groups is 1. The van der Waals surface area contributed by atoms with Crippen LogP contribution in [0.15, 0.2) is 23.2 Å². The molecular weight excluding hydrogens is 270 g/mol. The van der Waals surface area contributed by atoms with Gasteiger partial charge in [-0.1, -0.05) is 6.92 Å². The van der Waals surface area contributed by atoms with E-state index in [1.165, 1.54) is 0 Å². The molecule has 21 heavy (non-hydrogen) atoms. The Hall–Kier alpha value is -1.95. The molecule has 6 nitrogen and oxygen atoms in total. The summed E-state index contributed by atoms with van der Waals surface area (Å²) in [7, 11) is 4.86. The molecule has 1 rings (SSSR count). The highest BCUT2D eigenvalue weighted by Crippen LogP contribution is 2.28. The smallest absolute Gasteiger partial charge is 0.191 e. The van der Waals surface area contributed by atoms with Crippen LogP contribution in [0.2, 0.25) is 0 Å². The molecule has 0 bridgehead atoms. The fraction of sp³-hybridized carbons (Fsp3) is 0.533. The lowest BCUT2D eigenvalue weighted by Gasteiger charge is -2.18. The van der Waals surface area contributed by atoms with Gasteiger partial charge in [0.1, 0.15) is 11.5 Å². The van der Waals surface area contributed by atoms with Gasteiger partial charge in [-0.3, -0.25) is 4.99 Å². The molecule has 118 valence electrons. The zero-order valence-electron chi connectivity index (χ0n) is 13.1. The van der Waals surface area contributed by atoms with Crippen LogP contribution in [0.3, 0.4) is 0 Å². The zero-order chi connectivity index (χ0) is 15.7. The summed E-state index contributed by atoms with van der Waals surface area (Å²) in [6.07, 6.45) is 0.280. The average Bonchev–Trinajstić information content (AvgIpc) is 2.54. The third-order valence-corrected chi connectivity index (χ3v) is 3.02. The van der Waals surface area contributed by atoms with E-state index in [4.69, 9.17) is 9.47 Å². The van der Waals surface area contributed by atoms with E-state index < -0.39 is 6.10 Å². The van der Waals surface area contributed by atoms with Crippen LogP contribution < -0.4 is 20.1 Å². The highest BCUT2D eigenvalue weighted by atomic mass is 16.5. The third kappa shape index (κ3) is 5.15. The van der Waals surface area contributed by atoms with Crippen LogP contribution in [-0.4, -0.2) is 45.4 Å². The van der Waals surface area contributed by atoms with Gasteiger partial charge in [0.2, 0.25) is 0 Å². The van der Waals surface area contributed by atoms with Gasteiger partial charge < -0.3 is 25.2 Å². The number of nitrogens with one attached hydrogen (secondary N) is 2. The van der Waals surface area contributed by atoms with Crippen LogP contribution in [0.4, 0.5) is 0 Å². The van der Waals surface area contributed by atoms with Gasteiger partial charge in [-0.2, -0.15) is 0 Å². The van der Waals surface area contributed by atoms with E-state index in [9.17, 15) is 5.11 Å². The molecule has 0 saturated heterocycles. The van der Waals surface area contributed by atoms with Gasteiger partial charge in [0.05, 0.1) is 20.3 Å². The van der Waals surface area contributed by atoms with Gasteiger partial charge >= 0.3 is 0 Å². The molecule has 0 saturated carbocycles. The van der Waals surface area contributed by atoms with Gasteiger partial charge in [0, 0.05) is 25.7 Å². The highest BCUT2D eigenvalue weighted by molar-refractivity contribution is 5.79. The summed E-state index contributed by atoms with van der Waals surface area (Å²) in [5, 5.41) is 16.6. The minimum Gasteiger partial charge on any atom is -0.497 e. The molecule has 0 amide bonds. The number of hydrogen-bond donors (Lipinski definition) is 3. The van der Waals surface area contributed by atoms with Gasteiger partial charge in [-0.05, 0) is 24.6 Å². The van der Waals surface area contributed by atoms with E-state index in [1.54, 1.807) is 39.5 Å². The molecule has 0 aliphatic carbocycles. The van der Waals surface area contributed by atoms with Crippen molar-refractivity contribution in [3.63, 3.8) is 0 Å². The standard InChI is InChI=1S/C15H25N3O3/c1-5-8-17-15(16-2)18-10-13(19)12-9-11(20-3)6-7-14(12)21-4/h6-7,9,13,19H,5,8,10H2,1-4H3,(H2,16,17,18). The first kappa shape index (κ1) is 17.1. The van der Waals surface area contributed by atoms with Crippen LogP contribution in [0.5, 0.6) is 11.5 Å². The largest absolute Gasteiger partial charge is 0.497 e. The first-order chi connectivity index (χ1) is 10.2. The Balaban J connectivity index is 2.72. The van der Waals surface area contributed by atoms with Gasteiger partial charge in [-0.15, -0.1) is 0 Å². The number of rotatable bonds is 7. The molecule has 3 N–H and O–H groups in total. The molecular formula is C15H25N3O3. The Morgan fingerprint density at radius 1 is 1.29 bits per heavy atom. The third-order valence-electron chi connectivity index (χ3n) is 3.02. The lowest BCUT2D eigenvalue weighted by Crippen LogP contribution is -2.39. The van der Waals surface area contributed by atoms with Crippen molar-refractivity contribution in [3.05, 3.63) is 23.8 Å². The number of benzene rings is 1. The lowest BCUT2D eigenvalue weighted by molar-refractivity contribution is 0.176. The monoisotopic (exact) mass is 295 g/mol. The Morgan fingerprint density at radius 3 is 2.62 bits per heavy atom. The lowest BCUT2D eigenvalue weighted by atomic mass is 10.1. The zero-order valence-corrected chi connectivity index (χ0v) is 13.1. The number of aliphatic hydroxyl groups excluding tert-OH is 1. The van der Waals surface area contributed by atoms with E-state index in [2.05, 4.69) is 22.5 Å². The second-order valence-corrected chi connectivity index (χ2v) is 4.50. The SMILES string of the molecule is CCCNC(=NC)NCC(O)c1cc(OC)ccc1OC. The van der Waals surface area contributed by atoms with Crippen LogP contribution in [0.25, 0.3) is 0 Å². The van der Waals surface area contributed by atoms with Crippen molar-refractivity contribution in [1.29, 1.82) is 0 Å². The molecule has 1 unspecified atom stereocenters. The van der Waals surface area contributed by atoms with E-state index in [0.29, 0.717) is 29.6 Å². The molecule has 1 aromatic rings. The summed E-state index contributed by atoms with van der Waals surface area (Å²) >= 11 is 0. The summed E-state index contributed by atoms with van der Waals surface area (Å²) in [4.78, 5) is 4.09. The first-order valence-electron chi connectivity index (χ1n) is 7.00. The number of guanidine groups is 1. The Labute approximate surface area is 126 Å². The second-order valence-electron chi connectivity index (χ2n) is 4.50. The molecule has 0 aliphatic heterocycles. The van der Waals surface area contributed by atoms with Crippen LogP contribution in [0, 0.1) is 0 Å². The van der Waals surface area contributed by atoms with E-state index in [1.807, 2.05) is 0 Å². The molecule has 0 fully saturated rings. The van der Waals surface area contributed by atoms with Crippen LogP contribution in [-0.2, 0) is 0 Å². The minimum absolute atomic E-state index is 0.326. The molecule has 1 atom stereocenters. The van der Waals surface area contributed by atoms with E-state index in [-0.39, 0.29) is 0 Å². The topological polar surface area (TPSA) is 75.1 Å². The summed E-state index contributed by atoms with van der Waals surface area (Å²) in [6.45, 7) is 3.24. The van der Waals surface area contributed by atoms with E-state index >= 15 is 0 Å². The van der Waals surface area contributed by atoms with Crippen molar-refractivity contribution >= 4 is 5.96 Å². The molecule has 0 radical (unpaired) electrons. The van der Waals surface area contributed by atoms with Crippen molar-refractivity contribution in [3.8, 4) is 11.5 Å².